The molecule has 0 aliphatic carbocycles. The first-order valence-electron chi connectivity index (χ1n) is 11.2. The van der Waals surface area contributed by atoms with Gasteiger partial charge in [-0.3, -0.25) is 9.59 Å². The lowest BCUT2D eigenvalue weighted by Gasteiger charge is -2.27. The number of morpholine rings is 1. The van der Waals surface area contributed by atoms with Crippen molar-refractivity contribution in [2.45, 2.75) is 12.5 Å². The number of amides is 1. The third-order valence-corrected chi connectivity index (χ3v) is 6.72. The average molecular weight is 470 g/mol. The molecule has 7 nitrogen and oxygen atoms in total. The monoisotopic (exact) mass is 469 g/mol. The molecule has 2 aliphatic rings. The lowest BCUT2D eigenvalue weighted by Crippen LogP contribution is -3.14. The van der Waals surface area contributed by atoms with Gasteiger partial charge in [-0.15, -0.1) is 0 Å². The first-order valence-corrected chi connectivity index (χ1v) is 11.6. The Morgan fingerprint density at radius 1 is 1.12 bits per heavy atom. The maximum absolute atomic E-state index is 13.6. The number of ether oxygens (including phenoxy) is 2. The summed E-state index contributed by atoms with van der Waals surface area (Å²) in [6.07, 6.45) is 0.821. The standard InChI is InChI=1S/C25H25ClN2O5/c1-31-18-6-3-16(4-7-18)22-21-23(29)19-15-17(26)5-8-20(19)33-24(21)25(30)28(22)10-2-9-27-11-13-32-14-12-27/h3-8,15,22H,2,9-14H2,1H3/p+1. The van der Waals surface area contributed by atoms with Crippen molar-refractivity contribution in [1.29, 1.82) is 0 Å². The van der Waals surface area contributed by atoms with Crippen molar-refractivity contribution < 1.29 is 23.6 Å². The molecule has 8 heteroatoms. The summed E-state index contributed by atoms with van der Waals surface area (Å²) >= 11 is 6.14. The van der Waals surface area contributed by atoms with Crippen LogP contribution in [0.3, 0.4) is 0 Å². The van der Waals surface area contributed by atoms with E-state index in [0.29, 0.717) is 33.8 Å². The van der Waals surface area contributed by atoms with E-state index in [1.54, 1.807) is 30.2 Å². The van der Waals surface area contributed by atoms with E-state index in [1.807, 2.05) is 24.3 Å². The van der Waals surface area contributed by atoms with Crippen molar-refractivity contribution >= 4 is 28.5 Å². The Bertz CT molecular complexity index is 1230. The summed E-state index contributed by atoms with van der Waals surface area (Å²) < 4.78 is 16.7. The minimum atomic E-state index is -0.516. The Balaban J connectivity index is 1.53. The van der Waals surface area contributed by atoms with Gasteiger partial charge in [0, 0.05) is 18.0 Å². The van der Waals surface area contributed by atoms with Gasteiger partial charge in [0.1, 0.15) is 24.4 Å². The number of halogens is 1. The number of rotatable bonds is 6. The van der Waals surface area contributed by atoms with E-state index in [1.165, 1.54) is 4.90 Å². The number of hydrogen-bond acceptors (Lipinski definition) is 5. The van der Waals surface area contributed by atoms with Gasteiger partial charge in [0.15, 0.2) is 5.43 Å². The molecule has 1 amide bonds. The van der Waals surface area contributed by atoms with E-state index >= 15 is 0 Å². The zero-order chi connectivity index (χ0) is 22.9. The molecule has 2 aliphatic heterocycles. The predicted molar refractivity (Wildman–Crippen MR) is 124 cm³/mol. The number of carbonyl (C=O) groups is 1. The van der Waals surface area contributed by atoms with Crippen LogP contribution in [-0.2, 0) is 4.74 Å². The molecule has 33 heavy (non-hydrogen) atoms. The van der Waals surface area contributed by atoms with Gasteiger partial charge in [-0.1, -0.05) is 23.7 Å². The van der Waals surface area contributed by atoms with E-state index < -0.39 is 6.04 Å². The molecule has 1 atom stereocenters. The summed E-state index contributed by atoms with van der Waals surface area (Å²) in [5.41, 5.74) is 1.36. The van der Waals surface area contributed by atoms with Crippen molar-refractivity contribution in [3.8, 4) is 5.75 Å². The molecular weight excluding hydrogens is 444 g/mol. The molecule has 1 aromatic heterocycles. The van der Waals surface area contributed by atoms with Crippen molar-refractivity contribution in [1.82, 2.24) is 4.90 Å². The largest absolute Gasteiger partial charge is 0.497 e. The highest BCUT2D eigenvalue weighted by molar-refractivity contribution is 6.31. The highest BCUT2D eigenvalue weighted by Gasteiger charge is 2.42. The van der Waals surface area contributed by atoms with Crippen LogP contribution in [0.1, 0.15) is 34.1 Å². The first-order chi connectivity index (χ1) is 16.1. The highest BCUT2D eigenvalue weighted by Crippen LogP contribution is 2.38. The van der Waals surface area contributed by atoms with Crippen LogP contribution in [0, 0.1) is 0 Å². The van der Waals surface area contributed by atoms with Crippen LogP contribution < -0.4 is 15.1 Å². The molecular formula is C25H26ClN2O5+. The summed E-state index contributed by atoms with van der Waals surface area (Å²) in [5, 5.41) is 0.831. The van der Waals surface area contributed by atoms with Gasteiger partial charge in [0.2, 0.25) is 5.76 Å². The number of quaternary nitrogens is 1. The minimum Gasteiger partial charge on any atom is -0.497 e. The maximum atomic E-state index is 13.6. The first kappa shape index (κ1) is 21.9. The van der Waals surface area contributed by atoms with Gasteiger partial charge in [0.05, 0.1) is 43.9 Å². The van der Waals surface area contributed by atoms with Gasteiger partial charge in [-0.05, 0) is 35.9 Å². The molecule has 1 fully saturated rings. The zero-order valence-corrected chi connectivity index (χ0v) is 19.2. The summed E-state index contributed by atoms with van der Waals surface area (Å²) in [7, 11) is 1.61. The normalized spacial score (nSPS) is 18.7. The average Bonchev–Trinajstić information content (AvgIpc) is 3.12. The summed E-state index contributed by atoms with van der Waals surface area (Å²) in [6.45, 7) is 4.96. The van der Waals surface area contributed by atoms with Crippen LogP contribution in [0.2, 0.25) is 5.02 Å². The summed E-state index contributed by atoms with van der Waals surface area (Å²) in [4.78, 5) is 30.3. The highest BCUT2D eigenvalue weighted by atomic mass is 35.5. The lowest BCUT2D eigenvalue weighted by atomic mass is 9.98. The molecule has 2 aromatic carbocycles. The number of methoxy groups -OCH3 is 1. The number of hydrogen-bond donors (Lipinski definition) is 1. The Labute approximate surface area is 196 Å². The van der Waals surface area contributed by atoms with Crippen LogP contribution in [0.4, 0.5) is 0 Å². The minimum absolute atomic E-state index is 0.120. The molecule has 5 rings (SSSR count). The van der Waals surface area contributed by atoms with Crippen molar-refractivity contribution in [2.75, 3.05) is 46.5 Å². The van der Waals surface area contributed by atoms with Gasteiger partial charge < -0.3 is 23.7 Å². The quantitative estimate of drug-likeness (QED) is 0.599. The molecule has 1 N–H and O–H groups in total. The molecule has 0 saturated carbocycles. The molecule has 3 aromatic rings. The van der Waals surface area contributed by atoms with Crippen molar-refractivity contribution in [3.05, 3.63) is 74.6 Å². The molecule has 172 valence electrons. The molecule has 0 radical (unpaired) electrons. The Morgan fingerprint density at radius 3 is 2.61 bits per heavy atom. The number of benzene rings is 2. The maximum Gasteiger partial charge on any atom is 0.290 e. The summed E-state index contributed by atoms with van der Waals surface area (Å²) in [5.74, 6) is 0.578. The van der Waals surface area contributed by atoms with Crippen LogP contribution in [0.5, 0.6) is 5.75 Å². The smallest absolute Gasteiger partial charge is 0.290 e. The van der Waals surface area contributed by atoms with Gasteiger partial charge in [-0.25, -0.2) is 0 Å². The topological polar surface area (TPSA) is 73.4 Å². The zero-order valence-electron chi connectivity index (χ0n) is 18.4. The Hall–Kier alpha value is -2.87. The number of carbonyl (C=O) groups excluding carboxylic acids is 1. The molecule has 1 saturated heterocycles. The lowest BCUT2D eigenvalue weighted by molar-refractivity contribution is -0.908. The fraction of sp³-hybridized carbons (Fsp3) is 0.360. The van der Waals surface area contributed by atoms with E-state index in [4.69, 9.17) is 25.5 Å². The molecule has 1 unspecified atom stereocenters. The van der Waals surface area contributed by atoms with Crippen molar-refractivity contribution in [2.24, 2.45) is 0 Å². The Kier molecular flexibility index (Phi) is 6.10. The Morgan fingerprint density at radius 2 is 1.88 bits per heavy atom. The van der Waals surface area contributed by atoms with Crippen LogP contribution in [-0.4, -0.2) is 57.3 Å². The number of fused-ring (bicyclic) bond motifs is 2. The van der Waals surface area contributed by atoms with E-state index in [2.05, 4.69) is 0 Å². The molecule has 3 heterocycles. The second-order valence-corrected chi connectivity index (χ2v) is 8.89. The van der Waals surface area contributed by atoms with Crippen molar-refractivity contribution in [3.63, 3.8) is 0 Å². The number of nitrogens with one attached hydrogen (secondary N) is 1. The van der Waals surface area contributed by atoms with Gasteiger partial charge in [-0.2, -0.15) is 0 Å². The predicted octanol–water partition coefficient (Wildman–Crippen LogP) is 2.31. The summed E-state index contributed by atoms with van der Waals surface area (Å²) in [6, 6.07) is 11.9. The molecule has 0 spiro atoms. The van der Waals surface area contributed by atoms with Gasteiger partial charge in [0.25, 0.3) is 5.91 Å². The third kappa shape index (κ3) is 4.12. The van der Waals surface area contributed by atoms with Crippen LogP contribution in [0.15, 0.2) is 51.7 Å². The van der Waals surface area contributed by atoms with E-state index in [0.717, 1.165) is 44.8 Å². The van der Waals surface area contributed by atoms with E-state index in [9.17, 15) is 9.59 Å². The molecule has 0 bridgehead atoms. The van der Waals surface area contributed by atoms with Crippen LogP contribution >= 0.6 is 11.6 Å². The van der Waals surface area contributed by atoms with Gasteiger partial charge >= 0.3 is 0 Å². The fourth-order valence-electron chi connectivity index (χ4n) is 4.77. The number of nitrogens with zero attached hydrogens (tertiary/aromatic N) is 1. The third-order valence-electron chi connectivity index (χ3n) is 6.49. The van der Waals surface area contributed by atoms with E-state index in [-0.39, 0.29) is 17.1 Å². The fourth-order valence-corrected chi connectivity index (χ4v) is 4.94. The second-order valence-electron chi connectivity index (χ2n) is 8.45. The van der Waals surface area contributed by atoms with Crippen LogP contribution in [0.25, 0.3) is 11.0 Å². The second kappa shape index (κ2) is 9.17. The SMILES string of the molecule is COc1ccc(C2c3c(oc4ccc(Cl)cc4c3=O)C(=O)N2CCC[NH+]2CCOCC2)cc1.